The van der Waals surface area contributed by atoms with Crippen LogP contribution in [0.1, 0.15) is 26.7 Å². The van der Waals surface area contributed by atoms with Crippen molar-refractivity contribution in [3.05, 3.63) is 0 Å². The van der Waals surface area contributed by atoms with E-state index in [1.165, 1.54) is 0 Å². The molecule has 2 aliphatic rings. The van der Waals surface area contributed by atoms with E-state index in [-0.39, 0.29) is 11.8 Å². The summed E-state index contributed by atoms with van der Waals surface area (Å²) < 4.78 is 0. The number of carboxylic acids is 1. The molecule has 5 atom stereocenters. The molecule has 0 aromatic carbocycles. The zero-order chi connectivity index (χ0) is 15.0. The van der Waals surface area contributed by atoms with Crippen molar-refractivity contribution in [2.45, 2.75) is 32.7 Å². The molecule has 1 saturated heterocycles. The predicted molar refractivity (Wildman–Crippen MR) is 76.2 cm³/mol. The molecule has 0 aromatic heterocycles. The largest absolute Gasteiger partial charge is 0.481 e. The summed E-state index contributed by atoms with van der Waals surface area (Å²) in [6.07, 6.45) is 1.35. The van der Waals surface area contributed by atoms with Crippen LogP contribution in [0, 0.1) is 23.7 Å². The fourth-order valence-corrected chi connectivity index (χ4v) is 3.87. The van der Waals surface area contributed by atoms with Crippen LogP contribution in [-0.4, -0.2) is 60.0 Å². The van der Waals surface area contributed by atoms with E-state index in [9.17, 15) is 14.7 Å². The highest BCUT2D eigenvalue weighted by atomic mass is 16.4. The minimum Gasteiger partial charge on any atom is -0.481 e. The van der Waals surface area contributed by atoms with Gasteiger partial charge in [0.1, 0.15) is 0 Å². The van der Waals surface area contributed by atoms with Crippen molar-refractivity contribution in [2.75, 3.05) is 27.2 Å². The van der Waals surface area contributed by atoms with Crippen LogP contribution in [0.2, 0.25) is 0 Å². The molecule has 2 fully saturated rings. The molecule has 1 saturated carbocycles. The molecular weight excluding hydrogens is 256 g/mol. The highest BCUT2D eigenvalue weighted by molar-refractivity contribution is 5.85. The Bertz CT molecular complexity index is 397. The molecule has 5 nitrogen and oxygen atoms in total. The molecule has 20 heavy (non-hydrogen) atoms. The number of aliphatic carboxylic acids is 1. The Morgan fingerprint density at radius 2 is 1.70 bits per heavy atom. The van der Waals surface area contributed by atoms with Crippen molar-refractivity contribution in [3.63, 3.8) is 0 Å². The second-order valence-electron chi connectivity index (χ2n) is 6.88. The van der Waals surface area contributed by atoms with Crippen LogP contribution in [0.4, 0.5) is 0 Å². The Morgan fingerprint density at radius 3 is 2.20 bits per heavy atom. The van der Waals surface area contributed by atoms with E-state index in [0.717, 1.165) is 13.1 Å². The number of carbonyl (C=O) groups is 2. The van der Waals surface area contributed by atoms with Crippen molar-refractivity contribution in [1.29, 1.82) is 0 Å². The summed E-state index contributed by atoms with van der Waals surface area (Å²) in [5, 5.41) is 9.31. The summed E-state index contributed by atoms with van der Waals surface area (Å²) in [6, 6.07) is 0.376. The molecule has 5 heteroatoms. The number of rotatable bonds is 3. The average Bonchev–Trinajstić information content (AvgIpc) is 2.91. The maximum absolute atomic E-state index is 12.7. The van der Waals surface area contributed by atoms with Gasteiger partial charge in [0.05, 0.1) is 11.8 Å². The third kappa shape index (κ3) is 2.82. The molecule has 0 aromatic rings. The van der Waals surface area contributed by atoms with Gasteiger partial charge in [-0.3, -0.25) is 9.59 Å². The van der Waals surface area contributed by atoms with Gasteiger partial charge >= 0.3 is 5.97 Å². The van der Waals surface area contributed by atoms with Crippen LogP contribution in [0.15, 0.2) is 0 Å². The summed E-state index contributed by atoms with van der Waals surface area (Å²) in [5.74, 6) is -0.811. The zero-order valence-electron chi connectivity index (χ0n) is 12.9. The molecule has 2 rings (SSSR count). The standard InChI is InChI=1S/C15H26N2O3/c1-9-5-11(12(6-9)15(19)20)14(18)17-7-10(2)13(8-17)16(3)4/h9-13H,5-8H2,1-4H3,(H,19,20). The first kappa shape index (κ1) is 15.3. The van der Waals surface area contributed by atoms with Crippen molar-refractivity contribution in [2.24, 2.45) is 23.7 Å². The van der Waals surface area contributed by atoms with E-state index in [4.69, 9.17) is 0 Å². The maximum Gasteiger partial charge on any atom is 0.307 e. The summed E-state index contributed by atoms with van der Waals surface area (Å²) >= 11 is 0. The number of hydrogen-bond donors (Lipinski definition) is 1. The average molecular weight is 282 g/mol. The number of likely N-dealkylation sites (N-methyl/N-ethyl adjacent to an activating group) is 1. The van der Waals surface area contributed by atoms with Crippen molar-refractivity contribution in [1.82, 2.24) is 9.80 Å². The fraction of sp³-hybridized carbons (Fsp3) is 0.867. The van der Waals surface area contributed by atoms with E-state index in [1.54, 1.807) is 0 Å². The van der Waals surface area contributed by atoms with Crippen molar-refractivity contribution < 1.29 is 14.7 Å². The molecule has 1 aliphatic carbocycles. The van der Waals surface area contributed by atoms with Gasteiger partial charge in [0, 0.05) is 19.1 Å². The SMILES string of the molecule is CC1CC(C(=O)O)C(C(=O)N2CC(C)C(N(C)C)C2)C1. The van der Waals surface area contributed by atoms with Gasteiger partial charge in [-0.2, -0.15) is 0 Å². The Morgan fingerprint density at radius 1 is 1.10 bits per heavy atom. The lowest BCUT2D eigenvalue weighted by atomic mass is 9.95. The highest BCUT2D eigenvalue weighted by Crippen LogP contribution is 2.38. The predicted octanol–water partition coefficient (Wildman–Crippen LogP) is 1.14. The smallest absolute Gasteiger partial charge is 0.307 e. The van der Waals surface area contributed by atoms with E-state index < -0.39 is 11.9 Å². The Hall–Kier alpha value is -1.10. The van der Waals surface area contributed by atoms with E-state index >= 15 is 0 Å². The maximum atomic E-state index is 12.7. The van der Waals surface area contributed by atoms with E-state index in [0.29, 0.717) is 30.7 Å². The van der Waals surface area contributed by atoms with Crippen LogP contribution in [-0.2, 0) is 9.59 Å². The lowest BCUT2D eigenvalue weighted by molar-refractivity contribution is -0.148. The molecule has 1 heterocycles. The van der Waals surface area contributed by atoms with Gasteiger partial charge < -0.3 is 14.9 Å². The molecule has 0 bridgehead atoms. The van der Waals surface area contributed by atoms with Crippen LogP contribution in [0.3, 0.4) is 0 Å². The van der Waals surface area contributed by atoms with Gasteiger partial charge in [0.15, 0.2) is 0 Å². The molecule has 0 spiro atoms. The number of hydrogen-bond acceptors (Lipinski definition) is 3. The van der Waals surface area contributed by atoms with Crippen molar-refractivity contribution >= 4 is 11.9 Å². The first-order valence-corrected chi connectivity index (χ1v) is 7.49. The van der Waals surface area contributed by atoms with Crippen molar-refractivity contribution in [3.8, 4) is 0 Å². The minimum atomic E-state index is -0.816. The summed E-state index contributed by atoms with van der Waals surface area (Å²) in [5.41, 5.74) is 0. The van der Waals surface area contributed by atoms with E-state index in [1.807, 2.05) is 25.9 Å². The Balaban J connectivity index is 2.06. The van der Waals surface area contributed by atoms with Gasteiger partial charge in [0.2, 0.25) is 5.91 Å². The van der Waals surface area contributed by atoms with Crippen LogP contribution >= 0.6 is 0 Å². The van der Waals surface area contributed by atoms with Gasteiger partial charge in [-0.05, 0) is 38.8 Å². The third-order valence-corrected chi connectivity index (χ3v) is 4.98. The normalized spacial score (nSPS) is 37.6. The number of likely N-dealkylation sites (tertiary alicyclic amines) is 1. The molecule has 1 aliphatic heterocycles. The monoisotopic (exact) mass is 282 g/mol. The Kier molecular flexibility index (Phi) is 4.37. The second kappa shape index (κ2) is 5.72. The quantitative estimate of drug-likeness (QED) is 0.843. The topological polar surface area (TPSA) is 60.9 Å². The number of carboxylic acid groups (broad SMARTS) is 1. The highest BCUT2D eigenvalue weighted by Gasteiger charge is 2.45. The molecule has 5 unspecified atom stereocenters. The first-order valence-electron chi connectivity index (χ1n) is 7.49. The third-order valence-electron chi connectivity index (χ3n) is 4.98. The van der Waals surface area contributed by atoms with Gasteiger partial charge in [0.25, 0.3) is 0 Å². The zero-order valence-corrected chi connectivity index (χ0v) is 12.9. The fourth-order valence-electron chi connectivity index (χ4n) is 3.87. The van der Waals surface area contributed by atoms with E-state index in [2.05, 4.69) is 11.8 Å². The molecule has 0 radical (unpaired) electrons. The van der Waals surface area contributed by atoms with Crippen LogP contribution < -0.4 is 0 Å². The number of amides is 1. The lowest BCUT2D eigenvalue weighted by Gasteiger charge is -2.24. The Labute approximate surface area is 120 Å². The summed E-state index contributed by atoms with van der Waals surface area (Å²) in [6.45, 7) is 5.67. The van der Waals surface area contributed by atoms with Gasteiger partial charge in [-0.15, -0.1) is 0 Å². The molecule has 1 N–H and O–H groups in total. The van der Waals surface area contributed by atoms with Crippen LogP contribution in [0.25, 0.3) is 0 Å². The molecular formula is C15H26N2O3. The molecule has 114 valence electrons. The second-order valence-corrected chi connectivity index (χ2v) is 6.88. The minimum absolute atomic E-state index is 0.0537. The van der Waals surface area contributed by atoms with Gasteiger partial charge in [-0.1, -0.05) is 13.8 Å². The first-order chi connectivity index (χ1) is 9.31. The van der Waals surface area contributed by atoms with Crippen LogP contribution in [0.5, 0.6) is 0 Å². The number of carbonyl (C=O) groups excluding carboxylic acids is 1. The number of nitrogens with zero attached hydrogens (tertiary/aromatic N) is 2. The molecule has 1 amide bonds. The summed E-state index contributed by atoms with van der Waals surface area (Å²) in [7, 11) is 4.07. The summed E-state index contributed by atoms with van der Waals surface area (Å²) in [4.78, 5) is 28.0. The lowest BCUT2D eigenvalue weighted by Crippen LogP contribution is -2.40. The van der Waals surface area contributed by atoms with Gasteiger partial charge in [-0.25, -0.2) is 0 Å².